The number of hydrogen-bond donors (Lipinski definition) is 1. The molecule has 0 spiro atoms. The Morgan fingerprint density at radius 3 is 2.57 bits per heavy atom. The molecule has 8 nitrogen and oxygen atoms in total. The van der Waals surface area contributed by atoms with E-state index in [4.69, 9.17) is 4.98 Å². The quantitative estimate of drug-likeness (QED) is 0.411. The molecule has 6 rings (SSSR count). The predicted octanol–water partition coefficient (Wildman–Crippen LogP) is 1.77. The van der Waals surface area contributed by atoms with Gasteiger partial charge in [0.2, 0.25) is 5.13 Å². The largest absolute Gasteiger partial charge is 0.370 e. The molecule has 9 heteroatoms. The highest BCUT2D eigenvalue weighted by Gasteiger charge is 2.26. The van der Waals surface area contributed by atoms with Crippen LogP contribution in [-0.2, 0) is 20.1 Å². The zero-order valence-corrected chi connectivity index (χ0v) is 20.2. The first-order valence-corrected chi connectivity index (χ1v) is 12.2. The molecule has 1 unspecified atom stereocenters. The minimum Gasteiger partial charge on any atom is -0.370 e. The second kappa shape index (κ2) is 8.37. The van der Waals surface area contributed by atoms with Crippen molar-refractivity contribution in [2.24, 2.45) is 7.05 Å². The van der Waals surface area contributed by atoms with E-state index in [-0.39, 0.29) is 5.56 Å². The van der Waals surface area contributed by atoms with Crippen LogP contribution < -0.4 is 16.1 Å². The Kier molecular flexibility index (Phi) is 5.16. The summed E-state index contributed by atoms with van der Waals surface area (Å²) in [5.74, 6) is 0. The van der Waals surface area contributed by atoms with E-state index in [1.807, 2.05) is 88.9 Å². The number of imidazole rings is 1. The molecule has 1 aliphatic rings. The Morgan fingerprint density at radius 2 is 1.83 bits per heavy atom. The third-order valence-corrected chi connectivity index (χ3v) is 7.34. The van der Waals surface area contributed by atoms with Crippen LogP contribution in [0.25, 0.3) is 27.1 Å². The molecule has 0 saturated carbocycles. The number of aromatic nitrogens is 5. The van der Waals surface area contributed by atoms with Crippen LogP contribution in [0.3, 0.4) is 0 Å². The predicted molar refractivity (Wildman–Crippen MR) is 136 cm³/mol. The van der Waals surface area contributed by atoms with Crippen molar-refractivity contribution in [3.8, 4) is 5.13 Å². The van der Waals surface area contributed by atoms with Gasteiger partial charge in [-0.1, -0.05) is 53.8 Å². The van der Waals surface area contributed by atoms with E-state index in [0.29, 0.717) is 34.5 Å². The van der Waals surface area contributed by atoms with Crippen LogP contribution in [0.5, 0.6) is 0 Å². The number of aryl methyl sites for hydroxylation is 1. The first kappa shape index (κ1) is 21.6. The highest BCUT2D eigenvalue weighted by molar-refractivity contribution is 7.20. The van der Waals surface area contributed by atoms with Crippen LogP contribution in [0.2, 0.25) is 0 Å². The number of aliphatic hydroxyl groups excluding tert-OH is 1. The molecule has 2 aromatic carbocycles. The first-order valence-electron chi connectivity index (χ1n) is 11.4. The molecule has 5 aromatic rings. The fraction of sp³-hybridized carbons (Fsp3) is 0.192. The van der Waals surface area contributed by atoms with E-state index in [9.17, 15) is 9.90 Å². The number of para-hydroxylation sites is 1. The Balaban J connectivity index is 1.58. The maximum atomic E-state index is 14.0. The molecule has 0 radical (unpaired) electrons. The summed E-state index contributed by atoms with van der Waals surface area (Å²) in [6.07, 6.45) is 4.50. The van der Waals surface area contributed by atoms with Crippen LogP contribution in [0.1, 0.15) is 18.2 Å². The molecular formula is C26H24N6O2S. The average Bonchev–Trinajstić information content (AvgIpc) is 3.53. The van der Waals surface area contributed by atoms with Gasteiger partial charge in [-0.3, -0.25) is 9.48 Å². The minimum absolute atomic E-state index is 0.151. The van der Waals surface area contributed by atoms with Gasteiger partial charge in [0.05, 0.1) is 45.9 Å². The van der Waals surface area contributed by atoms with E-state index < -0.39 is 6.23 Å². The second-order valence-corrected chi connectivity index (χ2v) is 9.72. The summed E-state index contributed by atoms with van der Waals surface area (Å²) in [6.45, 7) is 2.75. The molecule has 3 aromatic heterocycles. The number of nitrogens with zero attached hydrogens (tertiary/aromatic N) is 6. The van der Waals surface area contributed by atoms with Crippen molar-refractivity contribution < 1.29 is 5.11 Å². The van der Waals surface area contributed by atoms with Gasteiger partial charge in [-0.25, -0.2) is 9.97 Å². The lowest BCUT2D eigenvalue weighted by molar-refractivity contribution is 0.0915. The number of rotatable bonds is 5. The highest BCUT2D eigenvalue weighted by atomic mass is 32.1. The van der Waals surface area contributed by atoms with Gasteiger partial charge >= 0.3 is 0 Å². The molecule has 0 saturated heterocycles. The van der Waals surface area contributed by atoms with Crippen molar-refractivity contribution >= 4 is 33.3 Å². The van der Waals surface area contributed by atoms with Crippen molar-refractivity contribution in [3.05, 3.63) is 99.3 Å². The number of thiazole rings is 1. The van der Waals surface area contributed by atoms with Crippen molar-refractivity contribution in [1.82, 2.24) is 28.8 Å². The lowest BCUT2D eigenvalue weighted by atomic mass is 10.2. The minimum atomic E-state index is -0.892. The van der Waals surface area contributed by atoms with E-state index in [1.165, 1.54) is 11.3 Å². The van der Waals surface area contributed by atoms with Gasteiger partial charge in [0.25, 0.3) is 5.56 Å². The van der Waals surface area contributed by atoms with Crippen LogP contribution in [0, 0.1) is 0 Å². The SMILES string of the molecule is CC1=c2c(n(Cc3ccccc3)n(-c3nc4ccccc4s3)c2=O)=CC(O)N1Cc1cn(C)cn1. The standard InChI is InChI=1S/C26H24N6O2S/c1-17-24-21(12-23(33)30(17)15-19-14-29(2)16-27-19)31(13-18-8-4-3-5-9-18)32(25(24)34)26-28-20-10-6-7-11-22(20)35-26/h3-12,14,16,23,33H,13,15H2,1-2H3. The third kappa shape index (κ3) is 3.69. The molecule has 0 aliphatic carbocycles. The Labute approximate surface area is 204 Å². The summed E-state index contributed by atoms with van der Waals surface area (Å²) in [5, 5.41) is 13.0. The van der Waals surface area contributed by atoms with E-state index in [2.05, 4.69) is 4.98 Å². The molecule has 4 heterocycles. The monoisotopic (exact) mass is 484 g/mol. The summed E-state index contributed by atoms with van der Waals surface area (Å²) in [4.78, 5) is 24.9. The maximum Gasteiger partial charge on any atom is 0.283 e. The summed E-state index contributed by atoms with van der Waals surface area (Å²) in [7, 11) is 1.91. The smallest absolute Gasteiger partial charge is 0.283 e. The molecule has 0 amide bonds. The van der Waals surface area contributed by atoms with Crippen molar-refractivity contribution in [1.29, 1.82) is 0 Å². The number of aliphatic hydroxyl groups is 1. The van der Waals surface area contributed by atoms with Gasteiger partial charge in [0, 0.05) is 18.9 Å². The fourth-order valence-electron chi connectivity index (χ4n) is 4.63. The Morgan fingerprint density at radius 1 is 1.06 bits per heavy atom. The summed E-state index contributed by atoms with van der Waals surface area (Å²) in [6, 6.07) is 17.9. The Hall–Kier alpha value is -3.95. The van der Waals surface area contributed by atoms with Crippen molar-refractivity contribution in [3.63, 3.8) is 0 Å². The third-order valence-electron chi connectivity index (χ3n) is 6.33. The van der Waals surface area contributed by atoms with Gasteiger partial charge in [-0.05, 0) is 30.7 Å². The van der Waals surface area contributed by atoms with Gasteiger partial charge in [0.15, 0.2) is 0 Å². The van der Waals surface area contributed by atoms with Crippen LogP contribution in [-0.4, -0.2) is 40.1 Å². The second-order valence-electron chi connectivity index (χ2n) is 8.71. The molecule has 1 aliphatic heterocycles. The molecule has 1 atom stereocenters. The summed E-state index contributed by atoms with van der Waals surface area (Å²) in [5.41, 5.74) is 3.29. The van der Waals surface area contributed by atoms with Crippen molar-refractivity contribution in [2.75, 3.05) is 0 Å². The number of benzene rings is 2. The molecule has 35 heavy (non-hydrogen) atoms. The first-order chi connectivity index (χ1) is 17.0. The van der Waals surface area contributed by atoms with E-state index in [1.54, 1.807) is 17.1 Å². The van der Waals surface area contributed by atoms with E-state index >= 15 is 0 Å². The molecular weight excluding hydrogens is 460 g/mol. The lowest BCUT2D eigenvalue weighted by Crippen LogP contribution is -2.49. The molecule has 0 fully saturated rings. The zero-order chi connectivity index (χ0) is 24.1. The van der Waals surface area contributed by atoms with Crippen LogP contribution >= 0.6 is 11.3 Å². The summed E-state index contributed by atoms with van der Waals surface area (Å²) >= 11 is 1.48. The molecule has 0 bridgehead atoms. The topological polar surface area (TPSA) is 81.1 Å². The fourth-order valence-corrected chi connectivity index (χ4v) is 5.61. The number of hydrogen-bond acceptors (Lipinski definition) is 6. The van der Waals surface area contributed by atoms with Gasteiger partial charge in [-0.15, -0.1) is 0 Å². The average molecular weight is 485 g/mol. The lowest BCUT2D eigenvalue weighted by Gasteiger charge is -2.30. The van der Waals surface area contributed by atoms with Crippen LogP contribution in [0.4, 0.5) is 0 Å². The number of fused-ring (bicyclic) bond motifs is 2. The highest BCUT2D eigenvalue weighted by Crippen LogP contribution is 2.24. The van der Waals surface area contributed by atoms with Crippen LogP contribution in [0.15, 0.2) is 71.9 Å². The molecule has 176 valence electrons. The Bertz CT molecular complexity index is 1690. The van der Waals surface area contributed by atoms with Gasteiger partial charge in [-0.2, -0.15) is 4.68 Å². The van der Waals surface area contributed by atoms with Gasteiger partial charge < -0.3 is 14.6 Å². The normalized spacial score (nSPS) is 15.5. The molecule has 1 N–H and O–H groups in total. The van der Waals surface area contributed by atoms with E-state index in [0.717, 1.165) is 21.5 Å². The summed E-state index contributed by atoms with van der Waals surface area (Å²) < 4.78 is 6.46. The zero-order valence-electron chi connectivity index (χ0n) is 19.4. The maximum absolute atomic E-state index is 14.0. The van der Waals surface area contributed by atoms with Crippen molar-refractivity contribution in [2.45, 2.75) is 26.2 Å². The van der Waals surface area contributed by atoms with Gasteiger partial charge in [0.1, 0.15) is 6.23 Å².